The Morgan fingerprint density at radius 1 is 1.29 bits per heavy atom. The SMILES string of the molecule is Cc1cnc([C@@H](NC(=O)N2CCC[C@@H]2CN2CCCC2)C2CC2)s1. The Hall–Kier alpha value is -1.14. The van der Waals surface area contributed by atoms with E-state index in [0.29, 0.717) is 12.0 Å². The summed E-state index contributed by atoms with van der Waals surface area (Å²) in [6.45, 7) is 6.44. The van der Waals surface area contributed by atoms with Crippen LogP contribution in [0.25, 0.3) is 0 Å². The first-order valence-corrected chi connectivity index (χ1v) is 10.2. The van der Waals surface area contributed by atoms with E-state index in [1.54, 1.807) is 11.3 Å². The second kappa shape index (κ2) is 7.00. The number of rotatable bonds is 5. The number of nitrogens with one attached hydrogen (secondary N) is 1. The van der Waals surface area contributed by atoms with Crippen molar-refractivity contribution in [3.05, 3.63) is 16.1 Å². The highest BCUT2D eigenvalue weighted by Crippen LogP contribution is 2.42. The first-order chi connectivity index (χ1) is 11.7. The van der Waals surface area contributed by atoms with Gasteiger partial charge in [-0.15, -0.1) is 11.3 Å². The summed E-state index contributed by atoms with van der Waals surface area (Å²) in [4.78, 5) is 23.3. The molecule has 4 rings (SSSR count). The van der Waals surface area contributed by atoms with Crippen molar-refractivity contribution in [3.8, 4) is 0 Å². The van der Waals surface area contributed by atoms with Gasteiger partial charge in [-0.3, -0.25) is 0 Å². The number of hydrogen-bond donors (Lipinski definition) is 1. The maximum Gasteiger partial charge on any atom is 0.318 e. The van der Waals surface area contributed by atoms with Gasteiger partial charge in [0.25, 0.3) is 0 Å². The summed E-state index contributed by atoms with van der Waals surface area (Å²) in [6.07, 6.45) is 9.25. The topological polar surface area (TPSA) is 48.5 Å². The van der Waals surface area contributed by atoms with E-state index in [1.807, 2.05) is 6.20 Å². The molecule has 2 amide bonds. The van der Waals surface area contributed by atoms with Crippen molar-refractivity contribution in [2.45, 2.75) is 57.5 Å². The summed E-state index contributed by atoms with van der Waals surface area (Å²) in [5.74, 6) is 0.583. The number of urea groups is 1. The van der Waals surface area contributed by atoms with Gasteiger partial charge in [-0.25, -0.2) is 9.78 Å². The third kappa shape index (κ3) is 3.59. The normalized spacial score (nSPS) is 26.0. The number of hydrogen-bond acceptors (Lipinski definition) is 4. The lowest BCUT2D eigenvalue weighted by Crippen LogP contribution is -2.48. The molecular weight excluding hydrogens is 320 g/mol. The predicted octanol–water partition coefficient (Wildman–Crippen LogP) is 3.17. The lowest BCUT2D eigenvalue weighted by molar-refractivity contribution is 0.170. The van der Waals surface area contributed by atoms with E-state index in [2.05, 4.69) is 27.0 Å². The van der Waals surface area contributed by atoms with Crippen LogP contribution in [0.1, 0.15) is 54.5 Å². The van der Waals surface area contributed by atoms with Gasteiger partial charge in [0, 0.05) is 30.2 Å². The molecule has 1 aliphatic carbocycles. The van der Waals surface area contributed by atoms with E-state index in [1.165, 1.54) is 43.6 Å². The molecule has 1 N–H and O–H groups in total. The van der Waals surface area contributed by atoms with Crippen molar-refractivity contribution in [3.63, 3.8) is 0 Å². The Balaban J connectivity index is 1.40. The van der Waals surface area contributed by atoms with E-state index in [4.69, 9.17) is 0 Å². The number of likely N-dealkylation sites (tertiary alicyclic amines) is 2. The van der Waals surface area contributed by atoms with Gasteiger partial charge in [-0.1, -0.05) is 0 Å². The lowest BCUT2D eigenvalue weighted by atomic mass is 10.2. The summed E-state index contributed by atoms with van der Waals surface area (Å²) in [5, 5.41) is 4.40. The third-order valence-electron chi connectivity index (χ3n) is 5.58. The molecule has 1 saturated carbocycles. The van der Waals surface area contributed by atoms with Crippen LogP contribution in [-0.4, -0.2) is 53.0 Å². The van der Waals surface area contributed by atoms with Crippen LogP contribution in [0.15, 0.2) is 6.20 Å². The van der Waals surface area contributed by atoms with E-state index < -0.39 is 0 Å². The van der Waals surface area contributed by atoms with Gasteiger partial charge >= 0.3 is 6.03 Å². The van der Waals surface area contributed by atoms with Crippen molar-refractivity contribution in [1.29, 1.82) is 0 Å². The zero-order valence-electron chi connectivity index (χ0n) is 14.5. The van der Waals surface area contributed by atoms with Crippen LogP contribution in [0.3, 0.4) is 0 Å². The molecule has 2 saturated heterocycles. The molecule has 3 heterocycles. The predicted molar refractivity (Wildman–Crippen MR) is 96.2 cm³/mol. The molecule has 0 unspecified atom stereocenters. The van der Waals surface area contributed by atoms with Crippen molar-refractivity contribution >= 4 is 17.4 Å². The molecule has 1 aromatic rings. The minimum absolute atomic E-state index is 0.115. The molecule has 3 aliphatic rings. The summed E-state index contributed by atoms with van der Waals surface area (Å²) in [5.41, 5.74) is 0. The summed E-state index contributed by atoms with van der Waals surface area (Å²) < 4.78 is 0. The highest BCUT2D eigenvalue weighted by molar-refractivity contribution is 7.11. The van der Waals surface area contributed by atoms with Crippen LogP contribution in [0.2, 0.25) is 0 Å². The maximum absolute atomic E-state index is 12.9. The van der Waals surface area contributed by atoms with Gasteiger partial charge in [0.2, 0.25) is 0 Å². The quantitative estimate of drug-likeness (QED) is 0.889. The number of carbonyl (C=O) groups is 1. The number of thiazole rings is 1. The summed E-state index contributed by atoms with van der Waals surface area (Å²) in [6, 6.07) is 0.631. The largest absolute Gasteiger partial charge is 0.328 e. The minimum Gasteiger partial charge on any atom is -0.328 e. The maximum atomic E-state index is 12.9. The van der Waals surface area contributed by atoms with Crippen molar-refractivity contribution in [1.82, 2.24) is 20.1 Å². The molecule has 0 bridgehead atoms. The number of amides is 2. The zero-order chi connectivity index (χ0) is 16.5. The number of aromatic nitrogens is 1. The molecule has 2 atom stereocenters. The highest BCUT2D eigenvalue weighted by atomic mass is 32.1. The average Bonchev–Trinajstić information content (AvgIpc) is 2.96. The second-order valence-electron chi connectivity index (χ2n) is 7.57. The van der Waals surface area contributed by atoms with Crippen LogP contribution in [0.4, 0.5) is 4.79 Å². The Labute approximate surface area is 148 Å². The Morgan fingerprint density at radius 3 is 2.75 bits per heavy atom. The third-order valence-corrected chi connectivity index (χ3v) is 6.58. The van der Waals surface area contributed by atoms with Gasteiger partial charge in [0.1, 0.15) is 5.01 Å². The summed E-state index contributed by atoms with van der Waals surface area (Å²) in [7, 11) is 0. The smallest absolute Gasteiger partial charge is 0.318 e. The molecule has 2 aliphatic heterocycles. The van der Waals surface area contributed by atoms with Gasteiger partial charge in [0.05, 0.1) is 6.04 Å². The molecule has 0 aromatic carbocycles. The fourth-order valence-electron chi connectivity index (χ4n) is 4.10. The van der Waals surface area contributed by atoms with Gasteiger partial charge < -0.3 is 15.1 Å². The molecule has 1 aromatic heterocycles. The highest BCUT2D eigenvalue weighted by Gasteiger charge is 2.38. The van der Waals surface area contributed by atoms with Crippen molar-refractivity contribution < 1.29 is 4.79 Å². The monoisotopic (exact) mass is 348 g/mol. The van der Waals surface area contributed by atoms with Gasteiger partial charge in [0.15, 0.2) is 0 Å². The second-order valence-corrected chi connectivity index (χ2v) is 8.84. The molecule has 0 radical (unpaired) electrons. The van der Waals surface area contributed by atoms with Crippen molar-refractivity contribution in [2.24, 2.45) is 5.92 Å². The molecule has 5 nitrogen and oxygen atoms in total. The molecule has 3 fully saturated rings. The van der Waals surface area contributed by atoms with Crippen LogP contribution < -0.4 is 5.32 Å². The minimum atomic E-state index is 0.115. The Morgan fingerprint density at radius 2 is 2.08 bits per heavy atom. The fourth-order valence-corrected chi connectivity index (χ4v) is 5.02. The Bertz CT molecular complexity index is 579. The Kier molecular flexibility index (Phi) is 4.77. The summed E-state index contributed by atoms with van der Waals surface area (Å²) >= 11 is 1.72. The zero-order valence-corrected chi connectivity index (χ0v) is 15.4. The van der Waals surface area contributed by atoms with E-state index in [9.17, 15) is 4.79 Å². The van der Waals surface area contributed by atoms with Crippen molar-refractivity contribution in [2.75, 3.05) is 26.2 Å². The number of carbonyl (C=O) groups excluding carboxylic acids is 1. The van der Waals surface area contributed by atoms with E-state index in [0.717, 1.165) is 30.9 Å². The molecular formula is C18H28N4OS. The van der Waals surface area contributed by atoms with Crippen LogP contribution in [-0.2, 0) is 0 Å². The first kappa shape index (κ1) is 16.3. The molecule has 6 heteroatoms. The van der Waals surface area contributed by atoms with Crippen LogP contribution >= 0.6 is 11.3 Å². The first-order valence-electron chi connectivity index (χ1n) is 9.42. The van der Waals surface area contributed by atoms with Gasteiger partial charge in [-0.05, 0) is 64.5 Å². The number of aryl methyl sites for hydroxylation is 1. The van der Waals surface area contributed by atoms with E-state index >= 15 is 0 Å². The fraction of sp³-hybridized carbons (Fsp3) is 0.778. The molecule has 24 heavy (non-hydrogen) atoms. The van der Waals surface area contributed by atoms with Crippen LogP contribution in [0, 0.1) is 12.8 Å². The molecule has 132 valence electrons. The lowest BCUT2D eigenvalue weighted by Gasteiger charge is -2.30. The molecule has 0 spiro atoms. The number of nitrogens with zero attached hydrogens (tertiary/aromatic N) is 3. The average molecular weight is 349 g/mol. The van der Waals surface area contributed by atoms with Crippen LogP contribution in [0.5, 0.6) is 0 Å². The van der Waals surface area contributed by atoms with Gasteiger partial charge in [-0.2, -0.15) is 0 Å². The van der Waals surface area contributed by atoms with E-state index in [-0.39, 0.29) is 12.1 Å². The standard InChI is InChI=1S/C18H28N4OS/c1-13-11-19-17(24-13)16(14-6-7-14)20-18(23)22-10-4-5-15(22)12-21-8-2-3-9-21/h11,14-16H,2-10,12H2,1H3,(H,20,23)/t15-,16+/m1/s1.